The predicted octanol–water partition coefficient (Wildman–Crippen LogP) is 3.68. The Hall–Kier alpha value is -3.92. The summed E-state index contributed by atoms with van der Waals surface area (Å²) in [5.74, 6) is -0.412. The third-order valence-electron chi connectivity index (χ3n) is 4.52. The molecular formula is C21H19N3O6S. The van der Waals surface area contributed by atoms with E-state index in [1.54, 1.807) is 30.3 Å². The Morgan fingerprint density at radius 2 is 1.74 bits per heavy atom. The highest BCUT2D eigenvalue weighted by atomic mass is 32.2. The summed E-state index contributed by atoms with van der Waals surface area (Å²) in [5, 5.41) is 13.6. The van der Waals surface area contributed by atoms with Crippen molar-refractivity contribution in [3.05, 3.63) is 88.5 Å². The fourth-order valence-electron chi connectivity index (χ4n) is 2.83. The Morgan fingerprint density at radius 3 is 2.39 bits per heavy atom. The van der Waals surface area contributed by atoms with Crippen LogP contribution in [0.4, 0.5) is 17.1 Å². The van der Waals surface area contributed by atoms with E-state index in [9.17, 15) is 23.3 Å². The summed E-state index contributed by atoms with van der Waals surface area (Å²) in [5.41, 5.74) is 0.406. The summed E-state index contributed by atoms with van der Waals surface area (Å²) in [6.07, 6.45) is 0. The number of nitrogens with zero attached hydrogens (tertiary/aromatic N) is 2. The number of nitrogens with one attached hydrogen (secondary N) is 1. The molecule has 0 bridgehead atoms. The first-order valence-electron chi connectivity index (χ1n) is 9.02. The molecule has 0 atom stereocenters. The molecule has 3 aromatic carbocycles. The molecule has 0 radical (unpaired) electrons. The number of hydrogen-bond acceptors (Lipinski definition) is 6. The number of methoxy groups -OCH3 is 1. The number of rotatable bonds is 7. The molecule has 0 spiro atoms. The van der Waals surface area contributed by atoms with Gasteiger partial charge in [-0.15, -0.1) is 0 Å². The first kappa shape index (κ1) is 21.8. The Bertz CT molecular complexity index is 1230. The van der Waals surface area contributed by atoms with Crippen LogP contribution >= 0.6 is 0 Å². The zero-order valence-electron chi connectivity index (χ0n) is 16.7. The van der Waals surface area contributed by atoms with Gasteiger partial charge < -0.3 is 10.1 Å². The van der Waals surface area contributed by atoms with Crippen molar-refractivity contribution in [3.63, 3.8) is 0 Å². The van der Waals surface area contributed by atoms with E-state index in [1.165, 1.54) is 56.6 Å². The van der Waals surface area contributed by atoms with E-state index >= 15 is 0 Å². The Kier molecular flexibility index (Phi) is 6.21. The van der Waals surface area contributed by atoms with E-state index in [2.05, 4.69) is 5.32 Å². The van der Waals surface area contributed by atoms with Gasteiger partial charge in [-0.1, -0.05) is 24.3 Å². The van der Waals surface area contributed by atoms with Gasteiger partial charge in [0.1, 0.15) is 5.75 Å². The maximum absolute atomic E-state index is 13.0. The van der Waals surface area contributed by atoms with Gasteiger partial charge in [0.2, 0.25) is 0 Å². The lowest BCUT2D eigenvalue weighted by Crippen LogP contribution is -2.26. The predicted molar refractivity (Wildman–Crippen MR) is 116 cm³/mol. The van der Waals surface area contributed by atoms with E-state index in [0.29, 0.717) is 5.69 Å². The van der Waals surface area contributed by atoms with Crippen LogP contribution in [0.15, 0.2) is 77.7 Å². The van der Waals surface area contributed by atoms with Crippen molar-refractivity contribution in [2.45, 2.75) is 4.90 Å². The van der Waals surface area contributed by atoms with Gasteiger partial charge >= 0.3 is 0 Å². The SMILES string of the molecule is COc1ccc([N+](=O)[O-])cc1NC(=O)c1cccc(S(=O)(=O)N(C)c2ccccc2)c1. The Balaban J connectivity index is 1.91. The molecule has 1 amide bonds. The average molecular weight is 441 g/mol. The second-order valence-electron chi connectivity index (χ2n) is 6.43. The lowest BCUT2D eigenvalue weighted by Gasteiger charge is -2.19. The minimum Gasteiger partial charge on any atom is -0.495 e. The van der Waals surface area contributed by atoms with Crippen LogP contribution in [-0.2, 0) is 10.0 Å². The number of nitro groups is 1. The molecule has 9 nitrogen and oxygen atoms in total. The lowest BCUT2D eigenvalue weighted by molar-refractivity contribution is -0.384. The number of amides is 1. The normalized spacial score (nSPS) is 10.9. The maximum atomic E-state index is 13.0. The van der Waals surface area contributed by atoms with Crippen molar-refractivity contribution >= 4 is 33.0 Å². The molecule has 0 heterocycles. The molecule has 0 aliphatic rings. The summed E-state index contributed by atoms with van der Waals surface area (Å²) >= 11 is 0. The molecule has 0 aliphatic carbocycles. The number of carbonyl (C=O) groups excluding carboxylic acids is 1. The van der Waals surface area contributed by atoms with E-state index in [4.69, 9.17) is 4.74 Å². The van der Waals surface area contributed by atoms with Gasteiger partial charge in [0.25, 0.3) is 21.6 Å². The third kappa shape index (κ3) is 4.64. The van der Waals surface area contributed by atoms with E-state index < -0.39 is 20.9 Å². The number of nitro benzene ring substituents is 1. The van der Waals surface area contributed by atoms with Crippen LogP contribution in [0.25, 0.3) is 0 Å². The highest BCUT2D eigenvalue weighted by Crippen LogP contribution is 2.29. The molecule has 160 valence electrons. The lowest BCUT2D eigenvalue weighted by atomic mass is 10.2. The topological polar surface area (TPSA) is 119 Å². The molecule has 3 aromatic rings. The number of hydrogen-bond donors (Lipinski definition) is 1. The summed E-state index contributed by atoms with van der Waals surface area (Å²) in [6, 6.07) is 17.8. The minimum absolute atomic E-state index is 0.0658. The second-order valence-corrected chi connectivity index (χ2v) is 8.40. The molecule has 0 fully saturated rings. The zero-order valence-corrected chi connectivity index (χ0v) is 17.5. The zero-order chi connectivity index (χ0) is 22.6. The largest absolute Gasteiger partial charge is 0.495 e. The number of ether oxygens (including phenoxy) is 1. The van der Waals surface area contributed by atoms with Gasteiger partial charge in [0, 0.05) is 24.7 Å². The summed E-state index contributed by atoms with van der Waals surface area (Å²) in [7, 11) is -1.13. The first-order valence-corrected chi connectivity index (χ1v) is 10.5. The fourth-order valence-corrected chi connectivity index (χ4v) is 4.08. The van der Waals surface area contributed by atoms with Crippen molar-refractivity contribution in [2.75, 3.05) is 23.8 Å². The van der Waals surface area contributed by atoms with Crippen LogP contribution in [0, 0.1) is 10.1 Å². The molecular weight excluding hydrogens is 422 g/mol. The van der Waals surface area contributed by atoms with Crippen LogP contribution in [0.1, 0.15) is 10.4 Å². The number of carbonyl (C=O) groups is 1. The molecule has 1 N–H and O–H groups in total. The van der Waals surface area contributed by atoms with E-state index in [1.807, 2.05) is 0 Å². The van der Waals surface area contributed by atoms with Gasteiger partial charge in [-0.05, 0) is 36.4 Å². The van der Waals surface area contributed by atoms with Crippen LogP contribution < -0.4 is 14.4 Å². The molecule has 0 unspecified atom stereocenters. The summed E-state index contributed by atoms with van der Waals surface area (Å²) in [6.45, 7) is 0. The van der Waals surface area contributed by atoms with Gasteiger partial charge in [-0.25, -0.2) is 8.42 Å². The molecule has 3 rings (SSSR count). The van der Waals surface area contributed by atoms with Crippen LogP contribution in [-0.4, -0.2) is 33.4 Å². The van der Waals surface area contributed by atoms with Crippen molar-refractivity contribution < 1.29 is 22.9 Å². The quantitative estimate of drug-likeness (QED) is 0.441. The molecule has 10 heteroatoms. The van der Waals surface area contributed by atoms with E-state index in [0.717, 1.165) is 4.31 Å². The fraction of sp³-hybridized carbons (Fsp3) is 0.0952. The molecule has 0 saturated heterocycles. The summed E-state index contributed by atoms with van der Waals surface area (Å²) in [4.78, 5) is 23.1. The van der Waals surface area contributed by atoms with Crippen LogP contribution in [0.3, 0.4) is 0 Å². The number of benzene rings is 3. The monoisotopic (exact) mass is 441 g/mol. The van der Waals surface area contributed by atoms with E-state index in [-0.39, 0.29) is 27.6 Å². The maximum Gasteiger partial charge on any atom is 0.271 e. The molecule has 0 aliphatic heterocycles. The minimum atomic E-state index is -3.91. The Morgan fingerprint density at radius 1 is 1.03 bits per heavy atom. The smallest absolute Gasteiger partial charge is 0.271 e. The highest BCUT2D eigenvalue weighted by molar-refractivity contribution is 7.92. The van der Waals surface area contributed by atoms with Crippen molar-refractivity contribution in [3.8, 4) is 5.75 Å². The molecule has 0 saturated carbocycles. The van der Waals surface area contributed by atoms with Crippen molar-refractivity contribution in [1.29, 1.82) is 0 Å². The number of non-ortho nitro benzene ring substituents is 1. The standard InChI is InChI=1S/C21H19N3O6S/c1-23(16-8-4-3-5-9-16)31(28,29)18-10-6-7-15(13-18)21(25)22-19-14-17(24(26)27)11-12-20(19)30-2/h3-14H,1-2H3,(H,22,25). The van der Waals surface area contributed by atoms with Gasteiger partial charge in [0.05, 0.1) is 28.3 Å². The third-order valence-corrected chi connectivity index (χ3v) is 6.30. The van der Waals surface area contributed by atoms with Gasteiger partial charge in [0.15, 0.2) is 0 Å². The number of sulfonamides is 1. The molecule has 31 heavy (non-hydrogen) atoms. The van der Waals surface area contributed by atoms with Crippen molar-refractivity contribution in [1.82, 2.24) is 0 Å². The van der Waals surface area contributed by atoms with Crippen LogP contribution in [0.2, 0.25) is 0 Å². The van der Waals surface area contributed by atoms with Crippen LogP contribution in [0.5, 0.6) is 5.75 Å². The average Bonchev–Trinajstić information content (AvgIpc) is 2.79. The molecule has 0 aromatic heterocycles. The number of para-hydroxylation sites is 1. The second kappa shape index (κ2) is 8.84. The van der Waals surface area contributed by atoms with Gasteiger partial charge in [-0.2, -0.15) is 0 Å². The highest BCUT2D eigenvalue weighted by Gasteiger charge is 2.23. The van der Waals surface area contributed by atoms with Gasteiger partial charge in [-0.3, -0.25) is 19.2 Å². The summed E-state index contributed by atoms with van der Waals surface area (Å²) < 4.78 is 32.2. The Labute approximate surface area is 179 Å². The first-order chi connectivity index (χ1) is 14.7. The number of anilines is 2. The van der Waals surface area contributed by atoms with Crippen molar-refractivity contribution in [2.24, 2.45) is 0 Å².